The molecular weight excluding hydrogens is 411 g/mol. The van der Waals surface area contributed by atoms with Crippen LogP contribution in [0.2, 0.25) is 0 Å². The molecule has 1 unspecified atom stereocenters. The number of halogens is 2. The minimum Gasteiger partial charge on any atom is -0.381 e. The van der Waals surface area contributed by atoms with Gasteiger partial charge in [0.1, 0.15) is 11.5 Å². The summed E-state index contributed by atoms with van der Waals surface area (Å²) in [5, 5.41) is 11.6. The monoisotopic (exact) mass is 424 g/mol. The summed E-state index contributed by atoms with van der Waals surface area (Å²) >= 11 is 3.11. The van der Waals surface area contributed by atoms with E-state index >= 15 is 0 Å². The number of aromatic nitrogens is 4. The van der Waals surface area contributed by atoms with Gasteiger partial charge >= 0.3 is 5.76 Å². The average Bonchev–Trinajstić information content (AvgIpc) is 3.36. The summed E-state index contributed by atoms with van der Waals surface area (Å²) in [6.45, 7) is 1.51. The van der Waals surface area contributed by atoms with Crippen molar-refractivity contribution in [3.8, 4) is 17.2 Å². The molecule has 1 aliphatic rings. The predicted octanol–water partition coefficient (Wildman–Crippen LogP) is 2.75. The van der Waals surface area contributed by atoms with Crippen LogP contribution in [0.3, 0.4) is 0 Å². The fourth-order valence-electron chi connectivity index (χ4n) is 2.94. The van der Waals surface area contributed by atoms with Crippen LogP contribution in [0.5, 0.6) is 0 Å². The number of benzene rings is 1. The number of hydrogen-bond donors (Lipinski definition) is 0. The van der Waals surface area contributed by atoms with Crippen LogP contribution in [0.15, 0.2) is 36.6 Å². The Kier molecular flexibility index (Phi) is 4.68. The Hall–Kier alpha value is -2.33. The third-order valence-electron chi connectivity index (χ3n) is 4.35. The van der Waals surface area contributed by atoms with Gasteiger partial charge in [-0.1, -0.05) is 10.3 Å². The summed E-state index contributed by atoms with van der Waals surface area (Å²) in [5.74, 6) is -0.529. The summed E-state index contributed by atoms with van der Waals surface area (Å²) in [7, 11) is 0. The highest BCUT2D eigenvalue weighted by molar-refractivity contribution is 9.10. The molecule has 8 nitrogen and oxygen atoms in total. The Morgan fingerprint density at radius 2 is 2.19 bits per heavy atom. The normalized spacial score (nSPS) is 17.1. The van der Waals surface area contributed by atoms with E-state index in [1.807, 2.05) is 0 Å². The van der Waals surface area contributed by atoms with Gasteiger partial charge in [-0.05, 0) is 64.5 Å². The summed E-state index contributed by atoms with van der Waals surface area (Å²) in [6.07, 6.45) is 2.49. The molecule has 1 aromatic carbocycles. The molecule has 10 heteroatoms. The van der Waals surface area contributed by atoms with Crippen molar-refractivity contribution in [2.75, 3.05) is 13.2 Å². The predicted molar refractivity (Wildman–Crippen MR) is 90.3 cm³/mol. The van der Waals surface area contributed by atoms with Crippen molar-refractivity contribution in [3.63, 3.8) is 0 Å². The minimum atomic E-state index is -0.711. The topological polar surface area (TPSA) is 96.2 Å². The molecule has 1 fully saturated rings. The fraction of sp³-hybridized carbons (Fsp3) is 0.375. The van der Waals surface area contributed by atoms with Gasteiger partial charge in [0.05, 0.1) is 10.2 Å². The molecule has 0 amide bonds. The van der Waals surface area contributed by atoms with E-state index in [1.165, 1.54) is 22.8 Å². The van der Waals surface area contributed by atoms with Crippen LogP contribution < -0.4 is 5.76 Å². The Balaban J connectivity index is 1.68. The molecule has 1 atom stereocenters. The zero-order chi connectivity index (χ0) is 18.1. The first-order valence-corrected chi connectivity index (χ1v) is 8.86. The molecule has 136 valence electrons. The molecule has 3 heterocycles. The first kappa shape index (κ1) is 17.1. The van der Waals surface area contributed by atoms with Gasteiger partial charge in [0.15, 0.2) is 5.69 Å². The maximum Gasteiger partial charge on any atom is 0.446 e. The average molecular weight is 425 g/mol. The van der Waals surface area contributed by atoms with Gasteiger partial charge in [0.2, 0.25) is 5.82 Å². The second-order valence-electron chi connectivity index (χ2n) is 6.03. The zero-order valence-corrected chi connectivity index (χ0v) is 15.1. The number of aryl methyl sites for hydroxylation is 1. The van der Waals surface area contributed by atoms with Crippen LogP contribution in [0.25, 0.3) is 17.2 Å². The molecule has 3 aromatic rings. The molecule has 0 aliphatic carbocycles. The standard InChI is InChI=1S/C16H14BrFN4O4/c17-11-7-10(2-3-12(11)18)22-15(21-25-16(22)23)14-13(19-26-20-14)4-1-9-5-6-24-8-9/h2-3,7,9H,1,4-6,8H2. The summed E-state index contributed by atoms with van der Waals surface area (Å²) in [4.78, 5) is 12.1. The Morgan fingerprint density at radius 3 is 2.96 bits per heavy atom. The van der Waals surface area contributed by atoms with Crippen LogP contribution in [-0.4, -0.2) is 33.3 Å². The van der Waals surface area contributed by atoms with Gasteiger partial charge < -0.3 is 4.74 Å². The molecule has 26 heavy (non-hydrogen) atoms. The summed E-state index contributed by atoms with van der Waals surface area (Å²) in [6, 6.07) is 4.15. The second kappa shape index (κ2) is 7.12. The van der Waals surface area contributed by atoms with Crippen molar-refractivity contribution in [1.82, 2.24) is 20.0 Å². The van der Waals surface area contributed by atoms with Crippen LogP contribution in [0.4, 0.5) is 4.39 Å². The van der Waals surface area contributed by atoms with Gasteiger partial charge in [-0.3, -0.25) is 4.52 Å². The molecule has 1 aliphatic heterocycles. The quantitative estimate of drug-likeness (QED) is 0.620. The van der Waals surface area contributed by atoms with E-state index in [1.54, 1.807) is 0 Å². The van der Waals surface area contributed by atoms with Crippen LogP contribution >= 0.6 is 15.9 Å². The maximum absolute atomic E-state index is 13.5. The number of nitrogens with zero attached hydrogens (tertiary/aromatic N) is 4. The van der Waals surface area contributed by atoms with Gasteiger partial charge in [-0.15, -0.1) is 0 Å². The molecule has 4 rings (SSSR count). The van der Waals surface area contributed by atoms with Crippen molar-refractivity contribution in [1.29, 1.82) is 0 Å². The van der Waals surface area contributed by atoms with Gasteiger partial charge in [-0.25, -0.2) is 18.4 Å². The number of hydrogen-bond acceptors (Lipinski definition) is 7. The molecule has 0 bridgehead atoms. The largest absolute Gasteiger partial charge is 0.446 e. The highest BCUT2D eigenvalue weighted by Gasteiger charge is 2.24. The highest BCUT2D eigenvalue weighted by atomic mass is 79.9. The Morgan fingerprint density at radius 1 is 1.31 bits per heavy atom. The van der Waals surface area contributed by atoms with E-state index < -0.39 is 11.6 Å². The van der Waals surface area contributed by atoms with E-state index in [-0.39, 0.29) is 10.3 Å². The van der Waals surface area contributed by atoms with E-state index in [2.05, 4.69) is 31.4 Å². The lowest BCUT2D eigenvalue weighted by atomic mass is 10.0. The third kappa shape index (κ3) is 3.21. The number of ether oxygens (including phenoxy) is 1. The van der Waals surface area contributed by atoms with Gasteiger partial charge in [-0.2, -0.15) is 0 Å². The number of rotatable bonds is 5. The van der Waals surface area contributed by atoms with E-state index in [0.29, 0.717) is 29.4 Å². The van der Waals surface area contributed by atoms with Crippen LogP contribution in [0.1, 0.15) is 18.5 Å². The van der Waals surface area contributed by atoms with E-state index in [9.17, 15) is 9.18 Å². The van der Waals surface area contributed by atoms with Crippen molar-refractivity contribution in [2.24, 2.45) is 5.92 Å². The lowest BCUT2D eigenvalue weighted by Gasteiger charge is -2.06. The lowest BCUT2D eigenvalue weighted by molar-refractivity contribution is 0.184. The van der Waals surface area contributed by atoms with Crippen molar-refractivity contribution >= 4 is 15.9 Å². The van der Waals surface area contributed by atoms with Crippen LogP contribution in [-0.2, 0) is 11.2 Å². The molecule has 0 N–H and O–H groups in total. The Bertz CT molecular complexity index is 977. The Labute approximate surface area is 155 Å². The van der Waals surface area contributed by atoms with Crippen molar-refractivity contribution in [2.45, 2.75) is 19.3 Å². The first-order valence-electron chi connectivity index (χ1n) is 8.07. The van der Waals surface area contributed by atoms with Crippen molar-refractivity contribution in [3.05, 3.63) is 44.7 Å². The fourth-order valence-corrected chi connectivity index (χ4v) is 3.31. The molecular formula is C16H14BrFN4O4. The van der Waals surface area contributed by atoms with Gasteiger partial charge in [0, 0.05) is 13.2 Å². The molecule has 0 spiro atoms. The van der Waals surface area contributed by atoms with E-state index in [4.69, 9.17) is 13.9 Å². The van der Waals surface area contributed by atoms with E-state index in [0.717, 1.165) is 26.1 Å². The van der Waals surface area contributed by atoms with Gasteiger partial charge in [0.25, 0.3) is 0 Å². The molecule has 0 saturated carbocycles. The summed E-state index contributed by atoms with van der Waals surface area (Å²) in [5.41, 5.74) is 1.30. The van der Waals surface area contributed by atoms with Crippen LogP contribution in [0, 0.1) is 11.7 Å². The zero-order valence-electron chi connectivity index (χ0n) is 13.5. The first-order chi connectivity index (χ1) is 12.6. The SMILES string of the molecule is O=c1onc(-c2nonc2CCC2CCOC2)n1-c1ccc(F)c(Br)c1. The lowest BCUT2D eigenvalue weighted by Crippen LogP contribution is -2.14. The summed E-state index contributed by atoms with van der Waals surface area (Å²) < 4.78 is 30.0. The molecule has 2 aromatic heterocycles. The third-order valence-corrected chi connectivity index (χ3v) is 4.96. The maximum atomic E-state index is 13.5. The molecule has 0 radical (unpaired) electrons. The molecule has 1 saturated heterocycles. The highest BCUT2D eigenvalue weighted by Crippen LogP contribution is 2.26. The minimum absolute atomic E-state index is 0.160. The second-order valence-corrected chi connectivity index (χ2v) is 6.89. The van der Waals surface area contributed by atoms with Crippen molar-refractivity contribution < 1.29 is 18.3 Å². The smallest absolute Gasteiger partial charge is 0.381 e.